The molecule has 4 rings (SSSR count). The largest absolute Gasteiger partial charge is 0.493 e. The van der Waals surface area contributed by atoms with Crippen LogP contribution in [0.15, 0.2) is 59.0 Å². The molecule has 0 radical (unpaired) electrons. The number of fused-ring (bicyclic) bond motifs is 1. The summed E-state index contributed by atoms with van der Waals surface area (Å²) >= 11 is 3.51. The maximum absolute atomic E-state index is 14.5. The molecule has 226 valence electrons. The van der Waals surface area contributed by atoms with Gasteiger partial charge < -0.3 is 33.9 Å². The van der Waals surface area contributed by atoms with Gasteiger partial charge in [-0.05, 0) is 44.4 Å². The summed E-state index contributed by atoms with van der Waals surface area (Å²) in [4.78, 5) is 42.8. The zero-order valence-electron chi connectivity index (χ0n) is 24.6. The van der Waals surface area contributed by atoms with Crippen LogP contribution in [0.1, 0.15) is 51.8 Å². The van der Waals surface area contributed by atoms with Crippen molar-refractivity contribution >= 4 is 33.7 Å². The molecular weight excluding hydrogens is 608 g/mol. The van der Waals surface area contributed by atoms with Crippen molar-refractivity contribution in [3.63, 3.8) is 0 Å². The highest BCUT2D eigenvalue weighted by molar-refractivity contribution is 9.10. The lowest BCUT2D eigenvalue weighted by Crippen LogP contribution is -2.54. The van der Waals surface area contributed by atoms with Crippen LogP contribution < -0.4 is 14.8 Å². The Labute approximate surface area is 254 Å². The van der Waals surface area contributed by atoms with Crippen LogP contribution in [-0.4, -0.2) is 60.9 Å². The lowest BCUT2D eigenvalue weighted by molar-refractivity contribution is -0.155. The highest BCUT2D eigenvalue weighted by atomic mass is 79.9. The van der Waals surface area contributed by atoms with E-state index in [2.05, 4.69) is 21.2 Å². The average Bonchev–Trinajstić information content (AvgIpc) is 3.42. The van der Waals surface area contributed by atoms with E-state index in [0.29, 0.717) is 28.0 Å². The lowest BCUT2D eigenvalue weighted by atomic mass is 9.95. The van der Waals surface area contributed by atoms with Gasteiger partial charge in [0.1, 0.15) is 24.4 Å². The first-order chi connectivity index (χ1) is 19.9. The van der Waals surface area contributed by atoms with Crippen molar-refractivity contribution in [3.8, 4) is 11.5 Å². The molecule has 0 saturated heterocycles. The monoisotopic (exact) mass is 644 g/mol. The van der Waals surface area contributed by atoms with E-state index in [-0.39, 0.29) is 18.5 Å². The zero-order valence-corrected chi connectivity index (χ0v) is 26.2. The van der Waals surface area contributed by atoms with E-state index in [9.17, 15) is 14.4 Å². The lowest BCUT2D eigenvalue weighted by Gasteiger charge is -2.37. The van der Waals surface area contributed by atoms with Crippen molar-refractivity contribution in [3.05, 3.63) is 70.1 Å². The normalized spacial score (nSPS) is 19.0. The molecule has 2 aromatic rings. The van der Waals surface area contributed by atoms with Gasteiger partial charge in [0.2, 0.25) is 12.7 Å². The summed E-state index contributed by atoms with van der Waals surface area (Å²) in [7, 11) is 1.49. The highest BCUT2D eigenvalue weighted by Crippen LogP contribution is 2.45. The number of ether oxygens (including phenoxy) is 5. The molecule has 0 aromatic heterocycles. The number of hydrogen-bond donors (Lipinski definition) is 1. The second kappa shape index (κ2) is 13.1. The number of nitrogens with zero attached hydrogens (tertiary/aromatic N) is 1. The van der Waals surface area contributed by atoms with Crippen LogP contribution in [0.4, 0.5) is 0 Å². The molecule has 2 aromatic carbocycles. The molecule has 2 aliphatic heterocycles. The molecule has 3 unspecified atom stereocenters. The Morgan fingerprint density at radius 3 is 2.48 bits per heavy atom. The van der Waals surface area contributed by atoms with Crippen LogP contribution in [0, 0.1) is 5.92 Å². The number of esters is 1. The number of carbonyl (C=O) groups is 3. The van der Waals surface area contributed by atoms with E-state index in [4.69, 9.17) is 23.7 Å². The Hall–Kier alpha value is -3.73. The van der Waals surface area contributed by atoms with Crippen molar-refractivity contribution in [1.82, 2.24) is 10.2 Å². The quantitative estimate of drug-likeness (QED) is 0.392. The van der Waals surface area contributed by atoms with Crippen molar-refractivity contribution in [2.45, 2.75) is 64.8 Å². The summed E-state index contributed by atoms with van der Waals surface area (Å²) in [5, 5.41) is 2.69. The molecule has 0 aliphatic carbocycles. The number of amides is 2. The summed E-state index contributed by atoms with van der Waals surface area (Å²) in [6, 6.07) is 11.0. The maximum atomic E-state index is 14.5. The van der Waals surface area contributed by atoms with Crippen molar-refractivity contribution in [2.24, 2.45) is 5.92 Å². The van der Waals surface area contributed by atoms with Gasteiger partial charge in [0.25, 0.3) is 5.91 Å². The van der Waals surface area contributed by atoms with Gasteiger partial charge in [0.15, 0.2) is 23.4 Å². The van der Waals surface area contributed by atoms with Crippen molar-refractivity contribution in [2.75, 3.05) is 20.4 Å². The van der Waals surface area contributed by atoms with E-state index in [1.807, 2.05) is 44.2 Å². The van der Waals surface area contributed by atoms with Crippen LogP contribution in [-0.2, 0) is 35.0 Å². The Morgan fingerprint density at radius 1 is 1.17 bits per heavy atom. The zero-order chi connectivity index (χ0) is 30.6. The third-order valence-electron chi connectivity index (χ3n) is 6.69. The molecule has 0 saturated carbocycles. The molecule has 0 bridgehead atoms. The van der Waals surface area contributed by atoms with E-state index in [0.717, 1.165) is 5.56 Å². The fourth-order valence-electron chi connectivity index (χ4n) is 4.93. The minimum Gasteiger partial charge on any atom is -0.493 e. The Kier molecular flexibility index (Phi) is 9.71. The average molecular weight is 646 g/mol. The van der Waals surface area contributed by atoms with Gasteiger partial charge in [0.05, 0.1) is 13.2 Å². The molecule has 3 atom stereocenters. The molecule has 2 amide bonds. The minimum atomic E-state index is -1.23. The fraction of sp³-hybridized carbons (Fsp3) is 0.452. The molecule has 0 spiro atoms. The first kappa shape index (κ1) is 31.2. The van der Waals surface area contributed by atoms with E-state index < -0.39 is 48.1 Å². The topological polar surface area (TPSA) is 113 Å². The van der Waals surface area contributed by atoms with Gasteiger partial charge in [-0.1, -0.05) is 60.1 Å². The van der Waals surface area contributed by atoms with Gasteiger partial charge in [-0.15, -0.1) is 0 Å². The predicted molar refractivity (Wildman–Crippen MR) is 157 cm³/mol. The Bertz CT molecular complexity index is 1340. The van der Waals surface area contributed by atoms with Gasteiger partial charge in [-0.25, -0.2) is 0 Å². The van der Waals surface area contributed by atoms with Crippen LogP contribution >= 0.6 is 15.9 Å². The number of hydrogen-bond acceptors (Lipinski definition) is 8. The van der Waals surface area contributed by atoms with Crippen LogP contribution in [0.2, 0.25) is 0 Å². The van der Waals surface area contributed by atoms with E-state index >= 15 is 0 Å². The maximum Gasteiger partial charge on any atom is 0.325 e. The summed E-state index contributed by atoms with van der Waals surface area (Å²) in [5.74, 6) is -0.883. The molecule has 1 N–H and O–H groups in total. The number of carbonyl (C=O) groups excluding carboxylic acids is 3. The number of rotatable bonds is 9. The number of nitrogens with one attached hydrogen (secondary N) is 1. The van der Waals surface area contributed by atoms with Crippen LogP contribution in [0.5, 0.6) is 11.5 Å². The standard InChI is InChI=1S/C31H37BrN2O8/c1-18(2)27-30(37)34(22(24-16-39-17-40-24)12-19-10-8-7-9-11-19)26(29(36)33-15-25(35)42-31(3,4)5)21-13-20(32)14-23(38-6)28(21)41-27/h7-11,13-14,16,18,22,26-27H,12,15,17H2,1-6H3,(H,33,36). The van der Waals surface area contributed by atoms with Crippen LogP contribution in [0.25, 0.3) is 0 Å². The second-order valence-electron chi connectivity index (χ2n) is 11.4. The Morgan fingerprint density at radius 2 is 1.88 bits per heavy atom. The van der Waals surface area contributed by atoms with E-state index in [1.54, 1.807) is 32.9 Å². The van der Waals surface area contributed by atoms with E-state index in [1.165, 1.54) is 18.3 Å². The predicted octanol–water partition coefficient (Wildman–Crippen LogP) is 4.66. The third-order valence-corrected chi connectivity index (χ3v) is 7.15. The molecule has 0 fully saturated rings. The minimum absolute atomic E-state index is 0.0156. The molecule has 2 heterocycles. The first-order valence-electron chi connectivity index (χ1n) is 13.7. The second-order valence-corrected chi connectivity index (χ2v) is 12.3. The summed E-state index contributed by atoms with van der Waals surface area (Å²) in [6.07, 6.45) is 0.835. The van der Waals surface area contributed by atoms with Gasteiger partial charge in [-0.3, -0.25) is 14.4 Å². The fourth-order valence-corrected chi connectivity index (χ4v) is 5.38. The molecule has 42 heavy (non-hydrogen) atoms. The third kappa shape index (κ3) is 7.18. The smallest absolute Gasteiger partial charge is 0.325 e. The number of methoxy groups -OCH3 is 1. The van der Waals surface area contributed by atoms with Gasteiger partial charge in [0, 0.05) is 16.5 Å². The first-order valence-corrected chi connectivity index (χ1v) is 14.5. The van der Waals surface area contributed by atoms with Crippen molar-refractivity contribution in [1.29, 1.82) is 0 Å². The summed E-state index contributed by atoms with van der Waals surface area (Å²) in [6.45, 7) is 8.56. The van der Waals surface area contributed by atoms with Gasteiger partial charge in [-0.2, -0.15) is 0 Å². The van der Waals surface area contributed by atoms with Crippen molar-refractivity contribution < 1.29 is 38.1 Å². The summed E-state index contributed by atoms with van der Waals surface area (Å²) in [5.41, 5.74) is 0.567. The summed E-state index contributed by atoms with van der Waals surface area (Å²) < 4.78 is 29.3. The molecular formula is C31H37BrN2O8. The molecule has 11 heteroatoms. The SMILES string of the molecule is COc1cc(Br)cc2c1OC(C(C)C)C(=O)N(C(Cc1ccccc1)C1=COCO1)C2C(=O)NCC(=O)OC(C)(C)C. The number of benzene rings is 2. The molecule has 10 nitrogen and oxygen atoms in total. The van der Waals surface area contributed by atoms with Crippen LogP contribution in [0.3, 0.4) is 0 Å². The number of halogens is 1. The Balaban J connectivity index is 1.88. The molecule has 2 aliphatic rings. The van der Waals surface area contributed by atoms with Gasteiger partial charge >= 0.3 is 5.97 Å². The highest BCUT2D eigenvalue weighted by Gasteiger charge is 2.48.